The SMILES string of the molecule is CC(C)(C)OC(=O)N1CC2(CC(Cl)C2)C1. The van der Waals surface area contributed by atoms with E-state index in [1.54, 1.807) is 4.90 Å². The average Bonchev–Trinajstić information content (AvgIpc) is 1.89. The molecule has 0 unspecified atom stereocenters. The van der Waals surface area contributed by atoms with Crippen LogP contribution in [0.3, 0.4) is 0 Å². The molecule has 1 aliphatic heterocycles. The minimum Gasteiger partial charge on any atom is -0.444 e. The van der Waals surface area contributed by atoms with E-state index in [0.29, 0.717) is 10.8 Å². The molecular formula is C11H18ClNO2. The lowest BCUT2D eigenvalue weighted by Gasteiger charge is -2.57. The van der Waals surface area contributed by atoms with Crippen LogP contribution < -0.4 is 0 Å². The smallest absolute Gasteiger partial charge is 0.410 e. The van der Waals surface area contributed by atoms with E-state index < -0.39 is 5.60 Å². The zero-order chi connectivity index (χ0) is 11.3. The normalized spacial score (nSPS) is 24.7. The Morgan fingerprint density at radius 1 is 1.40 bits per heavy atom. The quantitative estimate of drug-likeness (QED) is 0.600. The Morgan fingerprint density at radius 3 is 2.33 bits per heavy atom. The van der Waals surface area contributed by atoms with E-state index in [0.717, 1.165) is 25.9 Å². The third kappa shape index (κ3) is 2.22. The van der Waals surface area contributed by atoms with Crippen molar-refractivity contribution in [2.45, 2.75) is 44.6 Å². The van der Waals surface area contributed by atoms with Crippen molar-refractivity contribution < 1.29 is 9.53 Å². The van der Waals surface area contributed by atoms with Gasteiger partial charge in [0.25, 0.3) is 0 Å². The highest BCUT2D eigenvalue weighted by atomic mass is 35.5. The first-order valence-corrected chi connectivity index (χ1v) is 5.85. The molecule has 0 atom stereocenters. The Balaban J connectivity index is 1.77. The van der Waals surface area contributed by atoms with Gasteiger partial charge in [-0.25, -0.2) is 4.79 Å². The van der Waals surface area contributed by atoms with Crippen LogP contribution >= 0.6 is 11.6 Å². The van der Waals surface area contributed by atoms with E-state index >= 15 is 0 Å². The average molecular weight is 232 g/mol. The van der Waals surface area contributed by atoms with Gasteiger partial charge in [-0.05, 0) is 33.6 Å². The zero-order valence-electron chi connectivity index (χ0n) is 9.55. The van der Waals surface area contributed by atoms with Gasteiger partial charge in [0.2, 0.25) is 0 Å². The molecule has 2 fully saturated rings. The van der Waals surface area contributed by atoms with Crippen LogP contribution in [-0.2, 0) is 4.74 Å². The lowest BCUT2D eigenvalue weighted by atomic mass is 9.63. The number of carbonyl (C=O) groups excluding carboxylic acids is 1. The summed E-state index contributed by atoms with van der Waals surface area (Å²) in [6.45, 7) is 7.31. The van der Waals surface area contributed by atoms with E-state index in [1.807, 2.05) is 20.8 Å². The molecular weight excluding hydrogens is 214 g/mol. The minimum atomic E-state index is -0.394. The van der Waals surface area contributed by atoms with E-state index in [2.05, 4.69) is 0 Å². The number of hydrogen-bond donors (Lipinski definition) is 0. The number of likely N-dealkylation sites (tertiary alicyclic amines) is 1. The van der Waals surface area contributed by atoms with Crippen LogP contribution in [0.2, 0.25) is 0 Å². The molecule has 0 aromatic heterocycles. The first-order chi connectivity index (χ1) is 6.80. The largest absolute Gasteiger partial charge is 0.444 e. The molecule has 86 valence electrons. The molecule has 3 nitrogen and oxygen atoms in total. The number of amides is 1. The fourth-order valence-electron chi connectivity index (χ4n) is 2.36. The van der Waals surface area contributed by atoms with Gasteiger partial charge in [0.1, 0.15) is 5.60 Å². The Morgan fingerprint density at radius 2 is 1.93 bits per heavy atom. The number of hydrogen-bond acceptors (Lipinski definition) is 2. The molecule has 2 rings (SSSR count). The summed E-state index contributed by atoms with van der Waals surface area (Å²) in [5.41, 5.74) is -0.0577. The van der Waals surface area contributed by atoms with Crippen molar-refractivity contribution in [3.63, 3.8) is 0 Å². The maximum Gasteiger partial charge on any atom is 0.410 e. The van der Waals surface area contributed by atoms with Crippen LogP contribution in [0.25, 0.3) is 0 Å². The number of rotatable bonds is 0. The van der Waals surface area contributed by atoms with Gasteiger partial charge in [0, 0.05) is 23.9 Å². The molecule has 1 saturated heterocycles. The standard InChI is InChI=1S/C11H18ClNO2/c1-10(2,3)15-9(14)13-6-11(7-13)4-8(12)5-11/h8H,4-7H2,1-3H3. The van der Waals surface area contributed by atoms with Crippen molar-refractivity contribution in [3.8, 4) is 0 Å². The molecule has 0 aromatic carbocycles. The van der Waals surface area contributed by atoms with Crippen LogP contribution in [0, 0.1) is 5.41 Å². The summed E-state index contributed by atoms with van der Waals surface area (Å²) in [5.74, 6) is 0. The second kappa shape index (κ2) is 3.27. The lowest BCUT2D eigenvalue weighted by molar-refractivity contribution is -0.0670. The summed E-state index contributed by atoms with van der Waals surface area (Å²) in [7, 11) is 0. The molecule has 0 aromatic rings. The van der Waals surface area contributed by atoms with Gasteiger partial charge in [-0.2, -0.15) is 0 Å². The molecule has 0 radical (unpaired) electrons. The molecule has 1 aliphatic carbocycles. The summed E-state index contributed by atoms with van der Waals surface area (Å²) in [4.78, 5) is 13.4. The fourth-order valence-corrected chi connectivity index (χ4v) is 3.01. The van der Waals surface area contributed by atoms with Crippen molar-refractivity contribution in [1.82, 2.24) is 4.90 Å². The Labute approximate surface area is 95.7 Å². The second-order valence-electron chi connectivity index (χ2n) is 5.84. The molecule has 1 amide bonds. The van der Waals surface area contributed by atoms with Gasteiger partial charge in [0.05, 0.1) is 0 Å². The van der Waals surface area contributed by atoms with Crippen LogP contribution in [-0.4, -0.2) is 35.1 Å². The Bertz CT molecular complexity index is 271. The van der Waals surface area contributed by atoms with E-state index in [-0.39, 0.29) is 6.09 Å². The molecule has 1 spiro atoms. The number of carbonyl (C=O) groups is 1. The predicted octanol–water partition coefficient (Wildman–Crippen LogP) is 2.62. The number of nitrogens with zero attached hydrogens (tertiary/aromatic N) is 1. The van der Waals surface area contributed by atoms with Gasteiger partial charge >= 0.3 is 6.09 Å². The van der Waals surface area contributed by atoms with Crippen LogP contribution in [0.15, 0.2) is 0 Å². The Kier molecular flexibility index (Phi) is 2.41. The molecule has 0 bridgehead atoms. The predicted molar refractivity (Wildman–Crippen MR) is 59.1 cm³/mol. The molecule has 0 N–H and O–H groups in total. The monoisotopic (exact) mass is 231 g/mol. The molecule has 15 heavy (non-hydrogen) atoms. The summed E-state index contributed by atoms with van der Waals surface area (Å²) in [6.07, 6.45) is 1.91. The summed E-state index contributed by atoms with van der Waals surface area (Å²) in [5, 5.41) is 0.325. The van der Waals surface area contributed by atoms with Crippen molar-refractivity contribution in [1.29, 1.82) is 0 Å². The van der Waals surface area contributed by atoms with Crippen molar-refractivity contribution >= 4 is 17.7 Å². The van der Waals surface area contributed by atoms with Crippen LogP contribution in [0.4, 0.5) is 4.79 Å². The molecule has 2 aliphatic rings. The summed E-state index contributed by atoms with van der Waals surface area (Å²) in [6, 6.07) is 0. The topological polar surface area (TPSA) is 29.5 Å². The van der Waals surface area contributed by atoms with E-state index in [9.17, 15) is 4.79 Å². The maximum atomic E-state index is 11.6. The maximum absolute atomic E-state index is 11.6. The highest BCUT2D eigenvalue weighted by Gasteiger charge is 2.53. The van der Waals surface area contributed by atoms with Gasteiger partial charge in [-0.1, -0.05) is 0 Å². The highest BCUT2D eigenvalue weighted by Crippen LogP contribution is 2.50. The Hall–Kier alpha value is -0.440. The van der Waals surface area contributed by atoms with Crippen molar-refractivity contribution in [3.05, 3.63) is 0 Å². The summed E-state index contributed by atoms with van der Waals surface area (Å²) >= 11 is 5.95. The first-order valence-electron chi connectivity index (χ1n) is 5.42. The molecule has 1 saturated carbocycles. The second-order valence-corrected chi connectivity index (χ2v) is 6.46. The number of ether oxygens (including phenoxy) is 1. The third-order valence-corrected chi connectivity index (χ3v) is 3.32. The van der Waals surface area contributed by atoms with Crippen LogP contribution in [0.5, 0.6) is 0 Å². The highest BCUT2D eigenvalue weighted by molar-refractivity contribution is 6.21. The van der Waals surface area contributed by atoms with E-state index in [1.165, 1.54) is 0 Å². The zero-order valence-corrected chi connectivity index (χ0v) is 10.3. The molecule has 4 heteroatoms. The van der Waals surface area contributed by atoms with Gasteiger partial charge < -0.3 is 9.64 Å². The summed E-state index contributed by atoms with van der Waals surface area (Å²) < 4.78 is 5.28. The van der Waals surface area contributed by atoms with Crippen molar-refractivity contribution in [2.75, 3.05) is 13.1 Å². The van der Waals surface area contributed by atoms with E-state index in [4.69, 9.17) is 16.3 Å². The van der Waals surface area contributed by atoms with Crippen molar-refractivity contribution in [2.24, 2.45) is 5.41 Å². The first kappa shape index (κ1) is 11.1. The minimum absolute atomic E-state index is 0.189. The third-order valence-electron chi connectivity index (χ3n) is 3.01. The number of halogens is 1. The van der Waals surface area contributed by atoms with Gasteiger partial charge in [-0.3, -0.25) is 0 Å². The van der Waals surface area contributed by atoms with Gasteiger partial charge in [-0.15, -0.1) is 11.6 Å². The molecule has 1 heterocycles. The fraction of sp³-hybridized carbons (Fsp3) is 0.909. The number of alkyl halides is 1. The van der Waals surface area contributed by atoms with Gasteiger partial charge in [0.15, 0.2) is 0 Å². The van der Waals surface area contributed by atoms with Crippen LogP contribution in [0.1, 0.15) is 33.6 Å². The lowest BCUT2D eigenvalue weighted by Crippen LogP contribution is -2.64.